The fourth-order valence-electron chi connectivity index (χ4n) is 3.01. The van der Waals surface area contributed by atoms with Gasteiger partial charge in [-0.1, -0.05) is 48.5 Å². The minimum absolute atomic E-state index is 0.775. The van der Waals surface area contributed by atoms with Crippen molar-refractivity contribution in [3.8, 4) is 11.4 Å². The molecule has 0 aliphatic rings. The number of hydrogen-bond acceptors (Lipinski definition) is 4. The molecule has 26 heavy (non-hydrogen) atoms. The first-order valence-corrected chi connectivity index (χ1v) is 9.79. The molecule has 3 heterocycles. The van der Waals surface area contributed by atoms with E-state index in [4.69, 9.17) is 0 Å². The Bertz CT molecular complexity index is 1000. The highest BCUT2D eigenvalue weighted by atomic mass is 32.2. The largest absolute Gasteiger partial charge is 0.307 e. The van der Waals surface area contributed by atoms with Gasteiger partial charge in [-0.05, 0) is 31.5 Å². The molecule has 132 valence electrons. The molecule has 3 aromatic heterocycles. The molecule has 4 rings (SSSR count). The third-order valence-corrected chi connectivity index (χ3v) is 5.20. The van der Waals surface area contributed by atoms with Crippen LogP contribution in [0.2, 0.25) is 0 Å². The van der Waals surface area contributed by atoms with Crippen molar-refractivity contribution in [3.63, 3.8) is 0 Å². The number of aryl methyl sites for hydroxylation is 1. The highest BCUT2D eigenvalue weighted by Crippen LogP contribution is 2.27. The summed E-state index contributed by atoms with van der Waals surface area (Å²) < 4.78 is 4.26. The Morgan fingerprint density at radius 2 is 2.00 bits per heavy atom. The van der Waals surface area contributed by atoms with Gasteiger partial charge in [-0.25, -0.2) is 4.98 Å². The topological polar surface area (TPSA) is 48.0 Å². The first kappa shape index (κ1) is 16.8. The Morgan fingerprint density at radius 3 is 2.81 bits per heavy atom. The van der Waals surface area contributed by atoms with Gasteiger partial charge in [0.15, 0.2) is 11.0 Å². The first-order chi connectivity index (χ1) is 12.7. The summed E-state index contributed by atoms with van der Waals surface area (Å²) in [7, 11) is 0. The van der Waals surface area contributed by atoms with Crippen molar-refractivity contribution < 1.29 is 0 Å². The number of thioether (sulfide) groups is 1. The number of pyridine rings is 1. The van der Waals surface area contributed by atoms with Crippen LogP contribution in [0, 0.1) is 6.92 Å². The molecule has 0 spiro atoms. The minimum atomic E-state index is 0.775. The number of benzene rings is 1. The maximum absolute atomic E-state index is 4.66. The fraction of sp³-hybridized carbons (Fsp3) is 0.250. The predicted octanol–water partition coefficient (Wildman–Crippen LogP) is 4.60. The Labute approximate surface area is 157 Å². The van der Waals surface area contributed by atoms with E-state index in [-0.39, 0.29) is 0 Å². The van der Waals surface area contributed by atoms with E-state index < -0.39 is 0 Å². The average Bonchev–Trinajstić information content (AvgIpc) is 3.24. The van der Waals surface area contributed by atoms with Gasteiger partial charge in [0, 0.05) is 30.3 Å². The van der Waals surface area contributed by atoms with Gasteiger partial charge in [0.2, 0.25) is 0 Å². The number of aromatic nitrogens is 5. The number of hydrogen-bond donors (Lipinski definition) is 0. The van der Waals surface area contributed by atoms with Gasteiger partial charge in [-0.3, -0.25) is 0 Å². The van der Waals surface area contributed by atoms with Crippen molar-refractivity contribution in [2.24, 2.45) is 0 Å². The van der Waals surface area contributed by atoms with Gasteiger partial charge in [0.05, 0.1) is 5.69 Å². The van der Waals surface area contributed by atoms with E-state index in [1.165, 1.54) is 5.56 Å². The molecule has 0 saturated heterocycles. The summed E-state index contributed by atoms with van der Waals surface area (Å²) in [6, 6.07) is 14.5. The number of rotatable bonds is 6. The molecule has 1 aromatic carbocycles. The summed E-state index contributed by atoms with van der Waals surface area (Å²) in [5.41, 5.74) is 4.36. The van der Waals surface area contributed by atoms with Gasteiger partial charge in [-0.2, -0.15) is 0 Å². The maximum Gasteiger partial charge on any atom is 0.191 e. The Morgan fingerprint density at radius 1 is 1.08 bits per heavy atom. The van der Waals surface area contributed by atoms with Crippen LogP contribution in [0.1, 0.15) is 24.6 Å². The molecular formula is C20H21N5S. The van der Waals surface area contributed by atoms with Crippen LogP contribution in [0.5, 0.6) is 0 Å². The zero-order valence-corrected chi connectivity index (χ0v) is 15.8. The summed E-state index contributed by atoms with van der Waals surface area (Å²) in [5, 5.41) is 9.86. The van der Waals surface area contributed by atoms with Crippen molar-refractivity contribution in [1.82, 2.24) is 24.1 Å². The molecule has 0 amide bonds. The second-order valence-electron chi connectivity index (χ2n) is 6.31. The Balaban J connectivity index is 1.59. The first-order valence-electron chi connectivity index (χ1n) is 8.80. The molecule has 4 aromatic rings. The lowest BCUT2D eigenvalue weighted by Crippen LogP contribution is -2.02. The molecule has 0 atom stereocenters. The van der Waals surface area contributed by atoms with Crippen LogP contribution >= 0.6 is 11.8 Å². The van der Waals surface area contributed by atoms with Crippen molar-refractivity contribution >= 4 is 17.4 Å². The normalized spacial score (nSPS) is 11.3. The second kappa shape index (κ2) is 7.33. The Hall–Kier alpha value is -2.60. The molecule has 0 radical (unpaired) electrons. The fourth-order valence-corrected chi connectivity index (χ4v) is 3.86. The SMILES string of the molecule is CCCn1c(SCc2cn3ccccc3n2)nnc1-c1cccc(C)c1. The van der Waals surface area contributed by atoms with Gasteiger partial charge < -0.3 is 8.97 Å². The van der Waals surface area contributed by atoms with Crippen molar-refractivity contribution in [2.45, 2.75) is 37.7 Å². The molecule has 0 unspecified atom stereocenters. The van der Waals surface area contributed by atoms with E-state index >= 15 is 0 Å². The molecule has 0 saturated carbocycles. The lowest BCUT2D eigenvalue weighted by molar-refractivity contribution is 0.626. The zero-order valence-electron chi connectivity index (χ0n) is 15.0. The van der Waals surface area contributed by atoms with Gasteiger partial charge in [-0.15, -0.1) is 10.2 Å². The van der Waals surface area contributed by atoms with Crippen LogP contribution in [0.25, 0.3) is 17.0 Å². The van der Waals surface area contributed by atoms with Crippen molar-refractivity contribution in [3.05, 3.63) is 66.1 Å². The smallest absolute Gasteiger partial charge is 0.191 e. The number of nitrogens with zero attached hydrogens (tertiary/aromatic N) is 5. The van der Waals surface area contributed by atoms with Crippen LogP contribution < -0.4 is 0 Å². The zero-order chi connectivity index (χ0) is 17.9. The third kappa shape index (κ3) is 3.37. The number of imidazole rings is 1. The molecule has 0 aliphatic heterocycles. The molecule has 0 fully saturated rings. The highest BCUT2D eigenvalue weighted by Gasteiger charge is 2.14. The van der Waals surface area contributed by atoms with Gasteiger partial charge >= 0.3 is 0 Å². The van der Waals surface area contributed by atoms with Gasteiger partial charge in [0.1, 0.15) is 5.65 Å². The standard InChI is InChI=1S/C20H21N5S/c1-3-10-25-19(16-8-6-7-15(2)12-16)22-23-20(25)26-14-17-13-24-11-5-4-9-18(24)21-17/h4-9,11-13H,3,10,14H2,1-2H3. The summed E-state index contributed by atoms with van der Waals surface area (Å²) in [4.78, 5) is 4.66. The number of fused-ring (bicyclic) bond motifs is 1. The third-order valence-electron chi connectivity index (χ3n) is 4.20. The highest BCUT2D eigenvalue weighted by molar-refractivity contribution is 7.98. The van der Waals surface area contributed by atoms with Crippen molar-refractivity contribution in [2.75, 3.05) is 0 Å². The molecule has 5 nitrogen and oxygen atoms in total. The van der Waals surface area contributed by atoms with Crippen LogP contribution in [0.15, 0.2) is 60.0 Å². The molecular weight excluding hydrogens is 342 g/mol. The lowest BCUT2D eigenvalue weighted by atomic mass is 10.1. The summed E-state index contributed by atoms with van der Waals surface area (Å²) in [6.07, 6.45) is 5.13. The lowest BCUT2D eigenvalue weighted by Gasteiger charge is -2.09. The summed E-state index contributed by atoms with van der Waals surface area (Å²) in [5.74, 6) is 1.71. The molecule has 0 aliphatic carbocycles. The van der Waals surface area contributed by atoms with Crippen LogP contribution in [0.3, 0.4) is 0 Å². The monoisotopic (exact) mass is 363 g/mol. The molecule has 0 bridgehead atoms. The molecule has 0 N–H and O–H groups in total. The predicted molar refractivity (Wildman–Crippen MR) is 105 cm³/mol. The average molecular weight is 363 g/mol. The second-order valence-corrected chi connectivity index (χ2v) is 7.26. The van der Waals surface area contributed by atoms with E-state index in [1.807, 2.05) is 28.8 Å². The summed E-state index contributed by atoms with van der Waals surface area (Å²) >= 11 is 1.69. The van der Waals surface area contributed by atoms with Crippen LogP contribution in [-0.4, -0.2) is 24.1 Å². The van der Waals surface area contributed by atoms with E-state index in [0.717, 1.165) is 46.6 Å². The van der Waals surface area contributed by atoms with E-state index in [0.29, 0.717) is 0 Å². The maximum atomic E-state index is 4.66. The minimum Gasteiger partial charge on any atom is -0.307 e. The van der Waals surface area contributed by atoms with Crippen molar-refractivity contribution in [1.29, 1.82) is 0 Å². The van der Waals surface area contributed by atoms with Crippen LogP contribution in [0.4, 0.5) is 0 Å². The van der Waals surface area contributed by atoms with E-state index in [9.17, 15) is 0 Å². The Kier molecular flexibility index (Phi) is 4.75. The van der Waals surface area contributed by atoms with Crippen LogP contribution in [-0.2, 0) is 12.3 Å². The van der Waals surface area contributed by atoms with E-state index in [1.54, 1.807) is 11.8 Å². The van der Waals surface area contributed by atoms with Gasteiger partial charge in [0.25, 0.3) is 0 Å². The summed E-state index contributed by atoms with van der Waals surface area (Å²) in [6.45, 7) is 5.18. The molecule has 6 heteroatoms. The van der Waals surface area contributed by atoms with E-state index in [2.05, 4.69) is 64.1 Å². The quantitative estimate of drug-likeness (QED) is 0.470.